The van der Waals surface area contributed by atoms with Crippen molar-refractivity contribution >= 4 is 37.6 Å². The highest BCUT2D eigenvalue weighted by molar-refractivity contribution is 9.10. The van der Waals surface area contributed by atoms with Crippen LogP contribution in [-0.4, -0.2) is 25.3 Å². The fourth-order valence-corrected chi connectivity index (χ4v) is 5.13. The van der Waals surface area contributed by atoms with Crippen LogP contribution in [0.25, 0.3) is 0 Å². The first-order chi connectivity index (χ1) is 9.46. The lowest BCUT2D eigenvalue weighted by molar-refractivity contribution is 0.261. The van der Waals surface area contributed by atoms with Gasteiger partial charge in [-0.3, -0.25) is 0 Å². The second-order valence-corrected chi connectivity index (χ2v) is 8.23. The van der Waals surface area contributed by atoms with Crippen LogP contribution >= 0.6 is 27.5 Å². The van der Waals surface area contributed by atoms with Crippen molar-refractivity contribution in [3.05, 3.63) is 27.7 Å². The van der Waals surface area contributed by atoms with Gasteiger partial charge in [-0.1, -0.05) is 37.8 Å². The Bertz CT molecular complexity index is 571. The van der Waals surface area contributed by atoms with Crippen LogP contribution in [0.2, 0.25) is 5.02 Å². The van der Waals surface area contributed by atoms with Crippen LogP contribution in [0.3, 0.4) is 0 Å². The van der Waals surface area contributed by atoms with Gasteiger partial charge < -0.3 is 0 Å². The summed E-state index contributed by atoms with van der Waals surface area (Å²) in [6.45, 7) is 2.41. The van der Waals surface area contributed by atoms with Crippen molar-refractivity contribution < 1.29 is 8.42 Å². The van der Waals surface area contributed by atoms with Crippen LogP contribution in [-0.2, 0) is 10.0 Å². The summed E-state index contributed by atoms with van der Waals surface area (Å²) in [6.07, 6.45) is 5.35. The Balaban J connectivity index is 2.32. The van der Waals surface area contributed by atoms with Gasteiger partial charge in [0.25, 0.3) is 0 Å². The number of halogens is 2. The Morgan fingerprint density at radius 2 is 1.95 bits per heavy atom. The van der Waals surface area contributed by atoms with Crippen LogP contribution in [0, 0.1) is 0 Å². The molecule has 0 unspecified atom stereocenters. The summed E-state index contributed by atoms with van der Waals surface area (Å²) in [5.74, 6) is 0. The average Bonchev–Trinajstić information content (AvgIpc) is 2.43. The fraction of sp³-hybridized carbons (Fsp3) is 0.571. The predicted octanol–water partition coefficient (Wildman–Crippen LogP) is 4.45. The fourth-order valence-electron chi connectivity index (χ4n) is 2.77. The first kappa shape index (κ1) is 16.3. The van der Waals surface area contributed by atoms with Gasteiger partial charge >= 0.3 is 0 Å². The summed E-state index contributed by atoms with van der Waals surface area (Å²) < 4.78 is 27.8. The van der Waals surface area contributed by atoms with Crippen molar-refractivity contribution in [3.8, 4) is 0 Å². The highest BCUT2D eigenvalue weighted by Gasteiger charge is 2.31. The molecule has 112 valence electrons. The van der Waals surface area contributed by atoms with E-state index in [4.69, 9.17) is 11.6 Å². The Morgan fingerprint density at radius 3 is 2.50 bits per heavy atom. The van der Waals surface area contributed by atoms with E-state index in [1.165, 1.54) is 6.42 Å². The molecule has 3 nitrogen and oxygen atoms in total. The van der Waals surface area contributed by atoms with E-state index in [1.54, 1.807) is 22.5 Å². The van der Waals surface area contributed by atoms with E-state index >= 15 is 0 Å². The number of hydrogen-bond acceptors (Lipinski definition) is 2. The van der Waals surface area contributed by atoms with Crippen LogP contribution < -0.4 is 0 Å². The molecule has 0 atom stereocenters. The van der Waals surface area contributed by atoms with Gasteiger partial charge in [0.2, 0.25) is 10.0 Å². The van der Waals surface area contributed by atoms with Crippen LogP contribution in [0.5, 0.6) is 0 Å². The smallest absolute Gasteiger partial charge is 0.207 e. The average molecular weight is 381 g/mol. The van der Waals surface area contributed by atoms with Crippen LogP contribution in [0.15, 0.2) is 27.6 Å². The summed E-state index contributed by atoms with van der Waals surface area (Å²) in [4.78, 5) is 0.307. The zero-order valence-electron chi connectivity index (χ0n) is 11.5. The standard InChI is InChI=1S/C14H19BrClNO2S/c1-2-17(11-6-4-3-5-7-11)20(18,19)12-8-9-14(16)13(15)10-12/h8-11H,2-7H2,1H3. The number of sulfonamides is 1. The highest BCUT2D eigenvalue weighted by Crippen LogP contribution is 2.30. The lowest BCUT2D eigenvalue weighted by atomic mass is 9.95. The predicted molar refractivity (Wildman–Crippen MR) is 85.6 cm³/mol. The third kappa shape index (κ3) is 3.38. The number of benzene rings is 1. The summed E-state index contributed by atoms with van der Waals surface area (Å²) in [5, 5.41) is 0.518. The van der Waals surface area contributed by atoms with Gasteiger partial charge in [0, 0.05) is 17.1 Å². The summed E-state index contributed by atoms with van der Waals surface area (Å²) in [7, 11) is -3.45. The lowest BCUT2D eigenvalue weighted by Gasteiger charge is -2.32. The monoisotopic (exact) mass is 379 g/mol. The Labute approximate surface area is 134 Å². The molecular weight excluding hydrogens is 362 g/mol. The molecule has 0 bridgehead atoms. The minimum atomic E-state index is -3.45. The summed E-state index contributed by atoms with van der Waals surface area (Å²) >= 11 is 9.23. The molecule has 20 heavy (non-hydrogen) atoms. The van der Waals surface area contributed by atoms with Gasteiger partial charge in [0.05, 0.1) is 9.92 Å². The van der Waals surface area contributed by atoms with Gasteiger partial charge in [-0.15, -0.1) is 0 Å². The molecule has 6 heteroatoms. The van der Waals surface area contributed by atoms with Crippen LogP contribution in [0.4, 0.5) is 0 Å². The Kier molecular flexibility index (Phi) is 5.51. The third-order valence-corrected chi connectivity index (χ3v) is 7.03. The Morgan fingerprint density at radius 1 is 1.30 bits per heavy atom. The van der Waals surface area contributed by atoms with Crippen molar-refractivity contribution in [2.45, 2.75) is 50.0 Å². The molecule has 0 aromatic heterocycles. The molecule has 0 aliphatic heterocycles. The van der Waals surface area contributed by atoms with Crippen molar-refractivity contribution in [2.75, 3.05) is 6.54 Å². The molecule has 1 saturated carbocycles. The van der Waals surface area contributed by atoms with Gasteiger partial charge in [0.15, 0.2) is 0 Å². The molecule has 0 radical (unpaired) electrons. The maximum Gasteiger partial charge on any atom is 0.243 e. The number of hydrogen-bond donors (Lipinski definition) is 0. The Hall–Kier alpha value is -0.100. The molecule has 1 aliphatic rings. The van der Waals surface area contributed by atoms with E-state index in [0.717, 1.165) is 25.7 Å². The second kappa shape index (κ2) is 6.77. The van der Waals surface area contributed by atoms with E-state index in [-0.39, 0.29) is 6.04 Å². The normalized spacial score (nSPS) is 17.6. The lowest BCUT2D eigenvalue weighted by Crippen LogP contribution is -2.41. The van der Waals surface area contributed by atoms with Gasteiger partial charge in [0.1, 0.15) is 0 Å². The molecule has 2 rings (SSSR count). The van der Waals surface area contributed by atoms with E-state index in [2.05, 4.69) is 15.9 Å². The summed E-state index contributed by atoms with van der Waals surface area (Å²) in [6, 6.07) is 4.91. The minimum absolute atomic E-state index is 0.133. The highest BCUT2D eigenvalue weighted by atomic mass is 79.9. The summed E-state index contributed by atoms with van der Waals surface area (Å²) in [5.41, 5.74) is 0. The minimum Gasteiger partial charge on any atom is -0.207 e. The van der Waals surface area contributed by atoms with Crippen molar-refractivity contribution in [1.82, 2.24) is 4.31 Å². The molecule has 1 aromatic rings. The number of nitrogens with zero attached hydrogens (tertiary/aromatic N) is 1. The molecule has 1 aromatic carbocycles. The number of rotatable bonds is 4. The third-order valence-electron chi connectivity index (χ3n) is 3.79. The van der Waals surface area contributed by atoms with E-state index in [0.29, 0.717) is 20.9 Å². The maximum absolute atomic E-state index is 12.8. The molecular formula is C14H19BrClNO2S. The molecule has 0 amide bonds. The zero-order chi connectivity index (χ0) is 14.8. The van der Waals surface area contributed by atoms with Gasteiger partial charge in [-0.25, -0.2) is 8.42 Å². The van der Waals surface area contributed by atoms with Crippen molar-refractivity contribution in [1.29, 1.82) is 0 Å². The topological polar surface area (TPSA) is 37.4 Å². The molecule has 0 N–H and O–H groups in total. The van der Waals surface area contributed by atoms with Gasteiger partial charge in [-0.05, 0) is 47.0 Å². The first-order valence-corrected chi connectivity index (χ1v) is 9.55. The molecule has 1 aliphatic carbocycles. The zero-order valence-corrected chi connectivity index (χ0v) is 14.6. The van der Waals surface area contributed by atoms with E-state index < -0.39 is 10.0 Å². The van der Waals surface area contributed by atoms with Crippen LogP contribution in [0.1, 0.15) is 39.0 Å². The molecule has 0 saturated heterocycles. The molecule has 1 fully saturated rings. The molecule has 0 heterocycles. The van der Waals surface area contributed by atoms with Crippen molar-refractivity contribution in [3.63, 3.8) is 0 Å². The quantitative estimate of drug-likeness (QED) is 0.774. The second-order valence-electron chi connectivity index (χ2n) is 5.08. The van der Waals surface area contributed by atoms with Crippen molar-refractivity contribution in [2.24, 2.45) is 0 Å². The molecule has 0 spiro atoms. The SMILES string of the molecule is CCN(C1CCCCC1)S(=O)(=O)c1ccc(Cl)c(Br)c1. The largest absolute Gasteiger partial charge is 0.243 e. The van der Waals surface area contributed by atoms with Gasteiger partial charge in [-0.2, -0.15) is 4.31 Å². The van der Waals surface area contributed by atoms with E-state index in [1.807, 2.05) is 6.92 Å². The maximum atomic E-state index is 12.8. The van der Waals surface area contributed by atoms with E-state index in [9.17, 15) is 8.42 Å². The first-order valence-electron chi connectivity index (χ1n) is 6.93.